The monoisotopic (exact) mass is 268 g/mol. The van der Waals surface area contributed by atoms with Crippen LogP contribution in [0.1, 0.15) is 12.5 Å². The molecule has 3 N–H and O–H groups in total. The van der Waals surface area contributed by atoms with E-state index in [1.54, 1.807) is 13.8 Å². The summed E-state index contributed by atoms with van der Waals surface area (Å²) in [5, 5.41) is 13.6. The number of hydrogen-bond donors (Lipinski definition) is 3. The highest BCUT2D eigenvalue weighted by atomic mass is 19.1. The molecule has 0 aliphatic carbocycles. The molecule has 0 aliphatic rings. The zero-order valence-corrected chi connectivity index (χ0v) is 10.9. The van der Waals surface area contributed by atoms with Crippen LogP contribution >= 0.6 is 0 Å². The van der Waals surface area contributed by atoms with E-state index in [-0.39, 0.29) is 19.1 Å². The van der Waals surface area contributed by atoms with Crippen LogP contribution in [0.4, 0.5) is 10.1 Å². The van der Waals surface area contributed by atoms with Gasteiger partial charge in [0.1, 0.15) is 5.82 Å². The van der Waals surface area contributed by atoms with Gasteiger partial charge in [-0.05, 0) is 36.6 Å². The van der Waals surface area contributed by atoms with Crippen molar-refractivity contribution in [2.45, 2.75) is 13.8 Å². The lowest BCUT2D eigenvalue weighted by Crippen LogP contribution is -2.38. The number of carbonyl (C=O) groups excluding carboxylic acids is 2. The Bertz CT molecular complexity index is 477. The van der Waals surface area contributed by atoms with E-state index in [4.69, 9.17) is 5.11 Å². The van der Waals surface area contributed by atoms with Crippen molar-refractivity contribution in [3.63, 3.8) is 0 Å². The second-order valence-electron chi connectivity index (χ2n) is 4.41. The molecule has 1 rings (SSSR count). The van der Waals surface area contributed by atoms with E-state index >= 15 is 0 Å². The molecule has 2 amide bonds. The molecule has 1 aromatic carbocycles. The van der Waals surface area contributed by atoms with Gasteiger partial charge in [0.05, 0.1) is 0 Å². The van der Waals surface area contributed by atoms with E-state index in [9.17, 15) is 14.0 Å². The van der Waals surface area contributed by atoms with E-state index in [1.807, 2.05) is 0 Å². The molecule has 0 fully saturated rings. The largest absolute Gasteiger partial charge is 0.396 e. The van der Waals surface area contributed by atoms with E-state index in [2.05, 4.69) is 10.6 Å². The summed E-state index contributed by atoms with van der Waals surface area (Å²) in [7, 11) is 0. The number of rotatable bonds is 4. The average Bonchev–Trinajstić information content (AvgIpc) is 2.38. The topological polar surface area (TPSA) is 78.4 Å². The Morgan fingerprint density at radius 3 is 2.63 bits per heavy atom. The van der Waals surface area contributed by atoms with Crippen molar-refractivity contribution in [2.75, 3.05) is 18.5 Å². The number of aryl methyl sites for hydroxylation is 1. The third-order valence-corrected chi connectivity index (χ3v) is 2.57. The highest BCUT2D eigenvalue weighted by Crippen LogP contribution is 2.15. The smallest absolute Gasteiger partial charge is 0.313 e. The summed E-state index contributed by atoms with van der Waals surface area (Å²) in [5.41, 5.74) is 0.918. The van der Waals surface area contributed by atoms with Crippen LogP contribution in [-0.2, 0) is 9.59 Å². The zero-order chi connectivity index (χ0) is 14.4. The van der Waals surface area contributed by atoms with Crippen LogP contribution in [0.25, 0.3) is 0 Å². The molecular weight excluding hydrogens is 251 g/mol. The molecule has 104 valence electrons. The lowest BCUT2D eigenvalue weighted by atomic mass is 10.2. The van der Waals surface area contributed by atoms with Gasteiger partial charge in [0, 0.05) is 18.8 Å². The minimum Gasteiger partial charge on any atom is -0.396 e. The van der Waals surface area contributed by atoms with Gasteiger partial charge >= 0.3 is 11.8 Å². The second kappa shape index (κ2) is 6.84. The minimum atomic E-state index is -0.820. The molecule has 1 atom stereocenters. The number of benzene rings is 1. The van der Waals surface area contributed by atoms with Crippen LogP contribution in [0.15, 0.2) is 18.2 Å². The summed E-state index contributed by atoms with van der Waals surface area (Å²) in [6, 6.07) is 3.86. The molecule has 1 aromatic rings. The second-order valence-corrected chi connectivity index (χ2v) is 4.41. The number of amides is 2. The molecule has 0 saturated carbocycles. The predicted molar refractivity (Wildman–Crippen MR) is 69.0 cm³/mol. The van der Waals surface area contributed by atoms with Crippen LogP contribution < -0.4 is 10.6 Å². The molecule has 0 spiro atoms. The number of anilines is 1. The normalized spacial score (nSPS) is 11.8. The van der Waals surface area contributed by atoms with Crippen molar-refractivity contribution in [1.29, 1.82) is 0 Å². The lowest BCUT2D eigenvalue weighted by Gasteiger charge is -2.11. The van der Waals surface area contributed by atoms with Crippen molar-refractivity contribution in [1.82, 2.24) is 5.32 Å². The van der Waals surface area contributed by atoms with Gasteiger partial charge < -0.3 is 15.7 Å². The van der Waals surface area contributed by atoms with E-state index in [1.165, 1.54) is 18.2 Å². The van der Waals surface area contributed by atoms with Crippen molar-refractivity contribution in [3.05, 3.63) is 29.6 Å². The molecule has 0 heterocycles. The molecular formula is C13H17FN2O3. The fourth-order valence-electron chi connectivity index (χ4n) is 1.36. The first kappa shape index (κ1) is 15.1. The summed E-state index contributed by atoms with van der Waals surface area (Å²) in [6.07, 6.45) is 0. The molecule has 5 nitrogen and oxygen atoms in total. The Morgan fingerprint density at radius 1 is 1.37 bits per heavy atom. The van der Waals surface area contributed by atoms with E-state index in [0.29, 0.717) is 11.3 Å². The maximum Gasteiger partial charge on any atom is 0.313 e. The number of aliphatic hydroxyl groups is 1. The molecule has 0 aromatic heterocycles. The number of hydrogen-bond acceptors (Lipinski definition) is 3. The molecule has 6 heteroatoms. The van der Waals surface area contributed by atoms with Crippen LogP contribution in [-0.4, -0.2) is 30.1 Å². The van der Waals surface area contributed by atoms with Gasteiger partial charge in [-0.1, -0.05) is 6.92 Å². The number of aliphatic hydroxyl groups excluding tert-OH is 1. The molecule has 1 unspecified atom stereocenters. The van der Waals surface area contributed by atoms with Gasteiger partial charge in [-0.15, -0.1) is 0 Å². The number of carbonyl (C=O) groups is 2. The van der Waals surface area contributed by atoms with Gasteiger partial charge in [0.15, 0.2) is 0 Å². The summed E-state index contributed by atoms with van der Waals surface area (Å²) in [5.74, 6) is -2.13. The third-order valence-electron chi connectivity index (χ3n) is 2.57. The van der Waals surface area contributed by atoms with Crippen LogP contribution in [0.3, 0.4) is 0 Å². The summed E-state index contributed by atoms with van der Waals surface area (Å²) in [6.45, 7) is 3.51. The number of halogens is 1. The Labute approximate surface area is 110 Å². The molecule has 0 aliphatic heterocycles. The lowest BCUT2D eigenvalue weighted by molar-refractivity contribution is -0.136. The van der Waals surface area contributed by atoms with Crippen LogP contribution in [0.2, 0.25) is 0 Å². The van der Waals surface area contributed by atoms with Crippen LogP contribution in [0, 0.1) is 18.7 Å². The third kappa shape index (κ3) is 4.67. The fourth-order valence-corrected chi connectivity index (χ4v) is 1.36. The first-order chi connectivity index (χ1) is 8.93. The predicted octanol–water partition coefficient (Wildman–Crippen LogP) is 0.817. The molecule has 19 heavy (non-hydrogen) atoms. The average molecular weight is 268 g/mol. The van der Waals surface area contributed by atoms with E-state index in [0.717, 1.165) is 0 Å². The Kier molecular flexibility index (Phi) is 5.44. The molecule has 0 bridgehead atoms. The van der Waals surface area contributed by atoms with E-state index < -0.39 is 17.6 Å². The van der Waals surface area contributed by atoms with Gasteiger partial charge in [0.25, 0.3) is 0 Å². The molecule has 0 radical (unpaired) electrons. The molecule has 0 saturated heterocycles. The Hall–Kier alpha value is -1.95. The van der Waals surface area contributed by atoms with Crippen molar-refractivity contribution >= 4 is 17.5 Å². The minimum absolute atomic E-state index is 0.0705. The summed E-state index contributed by atoms with van der Waals surface area (Å²) < 4.78 is 12.9. The zero-order valence-electron chi connectivity index (χ0n) is 10.9. The highest BCUT2D eigenvalue weighted by Gasteiger charge is 2.15. The van der Waals surface area contributed by atoms with Gasteiger partial charge in [-0.2, -0.15) is 0 Å². The van der Waals surface area contributed by atoms with Gasteiger partial charge in [0.2, 0.25) is 0 Å². The standard InChI is InChI=1S/C13H17FN2O3/c1-8(7-17)6-15-12(18)13(19)16-11-4-3-10(14)5-9(11)2/h3-5,8,17H,6-7H2,1-2H3,(H,15,18)(H,16,19). The maximum absolute atomic E-state index is 12.9. The van der Waals surface area contributed by atoms with Gasteiger partial charge in [-0.25, -0.2) is 4.39 Å². The Balaban J connectivity index is 2.56. The first-order valence-electron chi connectivity index (χ1n) is 5.90. The summed E-state index contributed by atoms with van der Waals surface area (Å²) >= 11 is 0. The highest BCUT2D eigenvalue weighted by molar-refractivity contribution is 6.39. The van der Waals surface area contributed by atoms with Gasteiger partial charge in [-0.3, -0.25) is 9.59 Å². The number of nitrogens with one attached hydrogen (secondary N) is 2. The SMILES string of the molecule is Cc1cc(F)ccc1NC(=O)C(=O)NCC(C)CO. The van der Waals surface area contributed by atoms with Crippen LogP contribution in [0.5, 0.6) is 0 Å². The summed E-state index contributed by atoms with van der Waals surface area (Å²) in [4.78, 5) is 23.0. The quantitative estimate of drug-likeness (QED) is 0.707. The fraction of sp³-hybridized carbons (Fsp3) is 0.385. The Morgan fingerprint density at radius 2 is 2.05 bits per heavy atom. The maximum atomic E-state index is 12.9. The first-order valence-corrected chi connectivity index (χ1v) is 5.90. The van der Waals surface area contributed by atoms with Crippen molar-refractivity contribution in [3.8, 4) is 0 Å². The van der Waals surface area contributed by atoms with Crippen molar-refractivity contribution < 1.29 is 19.1 Å². The van der Waals surface area contributed by atoms with Crippen molar-refractivity contribution in [2.24, 2.45) is 5.92 Å².